The number of halogens is 3. The van der Waals surface area contributed by atoms with E-state index >= 15 is 0 Å². The Kier molecular flexibility index (Phi) is 10.6. The molecule has 1 N–H and O–H groups in total. The molecule has 226 valence electrons. The fourth-order valence-electron chi connectivity index (χ4n) is 5.14. The Bertz CT molecular complexity index is 1440. The molecule has 0 bridgehead atoms. The number of rotatable bonds is 9. The van der Waals surface area contributed by atoms with E-state index in [2.05, 4.69) is 11.4 Å². The number of sulfone groups is 1. The quantitative estimate of drug-likeness (QED) is 0.354. The van der Waals surface area contributed by atoms with Crippen molar-refractivity contribution in [3.8, 4) is 6.07 Å². The van der Waals surface area contributed by atoms with E-state index < -0.39 is 44.7 Å². The molecule has 1 aliphatic carbocycles. The van der Waals surface area contributed by atoms with Gasteiger partial charge >= 0.3 is 6.16 Å². The van der Waals surface area contributed by atoms with Crippen LogP contribution in [0.25, 0.3) is 0 Å². The summed E-state index contributed by atoms with van der Waals surface area (Å²) in [7, 11) is -3.95. The lowest BCUT2D eigenvalue weighted by molar-refractivity contribution is -0.147. The van der Waals surface area contributed by atoms with Gasteiger partial charge in [0.1, 0.15) is 5.54 Å². The lowest BCUT2D eigenvalue weighted by Gasteiger charge is -2.37. The molecule has 1 saturated carbocycles. The predicted molar refractivity (Wildman–Crippen MR) is 156 cm³/mol. The average Bonchev–Trinajstić information content (AvgIpc) is 3.39. The number of hydroxylamine groups is 2. The Hall–Kier alpha value is -2.59. The number of nitrogens with one attached hydrogen (secondary N) is 1. The summed E-state index contributed by atoms with van der Waals surface area (Å²) in [6.07, 6.45) is -1.22. The highest BCUT2D eigenvalue weighted by Crippen LogP contribution is 2.39. The van der Waals surface area contributed by atoms with E-state index in [0.29, 0.717) is 10.0 Å². The van der Waals surface area contributed by atoms with Crippen molar-refractivity contribution in [2.24, 2.45) is 5.92 Å². The standard InChI is InChI=1S/C28H30Cl3N3O7S/c1-2-39-27(36)41-34-11-9-28(17-32,10-12-34)33-26(35)22-14-21(42(37,38)25-8-7-20(30)13-23(25)31)15-24(22)40-16-18-3-5-19(29)6-4-18/h3-8,13,21-22,24H,2,9-12,14-16H2,1H3,(H,33,35)/t21-,22-,24-/m1/s1. The van der Waals surface area contributed by atoms with Gasteiger partial charge in [-0.2, -0.15) is 5.26 Å². The van der Waals surface area contributed by atoms with Gasteiger partial charge < -0.3 is 19.6 Å². The van der Waals surface area contributed by atoms with Crippen molar-refractivity contribution in [1.29, 1.82) is 5.26 Å². The van der Waals surface area contributed by atoms with E-state index in [1.165, 1.54) is 23.3 Å². The van der Waals surface area contributed by atoms with Gasteiger partial charge in [0.05, 0.1) is 46.5 Å². The lowest BCUT2D eigenvalue weighted by atomic mass is 9.88. The van der Waals surface area contributed by atoms with Crippen molar-refractivity contribution in [1.82, 2.24) is 10.4 Å². The molecule has 0 unspecified atom stereocenters. The van der Waals surface area contributed by atoms with Gasteiger partial charge in [-0.1, -0.05) is 46.9 Å². The molecule has 42 heavy (non-hydrogen) atoms. The van der Waals surface area contributed by atoms with Gasteiger partial charge in [0.15, 0.2) is 9.84 Å². The lowest BCUT2D eigenvalue weighted by Crippen LogP contribution is -2.56. The Balaban J connectivity index is 1.51. The first kappa shape index (κ1) is 32.3. The third-order valence-corrected chi connectivity index (χ3v) is 10.6. The maximum absolute atomic E-state index is 13.7. The first-order valence-electron chi connectivity index (χ1n) is 13.3. The maximum Gasteiger partial charge on any atom is 0.527 e. The highest BCUT2D eigenvalue weighted by molar-refractivity contribution is 7.92. The molecule has 0 spiro atoms. The van der Waals surface area contributed by atoms with E-state index in [1.807, 2.05) is 0 Å². The number of amides is 1. The summed E-state index contributed by atoms with van der Waals surface area (Å²) >= 11 is 18.2. The minimum absolute atomic E-state index is 0.00531. The number of ether oxygens (including phenoxy) is 2. The molecule has 10 nitrogen and oxygen atoms in total. The van der Waals surface area contributed by atoms with Gasteiger partial charge in [-0.25, -0.2) is 13.2 Å². The Labute approximate surface area is 259 Å². The SMILES string of the molecule is CCOC(=O)ON1CCC(C#N)(NC(=O)[C@@H]2C[C@@H](S(=O)(=O)c3ccc(Cl)cc3Cl)C[C@H]2OCc2ccc(Cl)cc2)CC1. The number of hydrogen-bond acceptors (Lipinski definition) is 9. The molecule has 0 radical (unpaired) electrons. The van der Waals surface area contributed by atoms with Crippen molar-refractivity contribution >= 4 is 56.7 Å². The van der Waals surface area contributed by atoms with Crippen LogP contribution in [0.2, 0.25) is 15.1 Å². The third kappa shape index (κ3) is 7.67. The van der Waals surface area contributed by atoms with Crippen LogP contribution in [0.3, 0.4) is 0 Å². The third-order valence-electron chi connectivity index (χ3n) is 7.43. The van der Waals surface area contributed by atoms with Crippen LogP contribution in [0.15, 0.2) is 47.4 Å². The number of carbonyl (C=O) groups excluding carboxylic acids is 2. The summed E-state index contributed by atoms with van der Waals surface area (Å²) in [5.74, 6) is -1.35. The molecule has 1 amide bonds. The molecule has 3 atom stereocenters. The van der Waals surface area contributed by atoms with Crippen LogP contribution >= 0.6 is 34.8 Å². The number of hydrogen-bond donors (Lipinski definition) is 1. The zero-order chi connectivity index (χ0) is 30.5. The van der Waals surface area contributed by atoms with E-state index in [4.69, 9.17) is 49.1 Å². The van der Waals surface area contributed by atoms with E-state index in [0.717, 1.165) is 5.56 Å². The van der Waals surface area contributed by atoms with Crippen molar-refractivity contribution in [3.05, 3.63) is 63.1 Å². The van der Waals surface area contributed by atoms with E-state index in [9.17, 15) is 23.3 Å². The minimum Gasteiger partial charge on any atom is -0.433 e. The van der Waals surface area contributed by atoms with Crippen molar-refractivity contribution in [2.75, 3.05) is 19.7 Å². The molecule has 0 aromatic heterocycles. The number of benzene rings is 2. The number of piperidine rings is 1. The van der Waals surface area contributed by atoms with Crippen molar-refractivity contribution < 1.29 is 32.3 Å². The summed E-state index contributed by atoms with van der Waals surface area (Å²) in [6, 6.07) is 13.3. The fourth-order valence-corrected chi connectivity index (χ4v) is 7.85. The fraction of sp³-hybridized carbons (Fsp3) is 0.464. The zero-order valence-electron chi connectivity index (χ0n) is 22.7. The second kappa shape index (κ2) is 13.8. The summed E-state index contributed by atoms with van der Waals surface area (Å²) in [4.78, 5) is 30.4. The number of carbonyl (C=O) groups is 2. The topological polar surface area (TPSA) is 135 Å². The Morgan fingerprint density at radius 3 is 2.36 bits per heavy atom. The second-order valence-corrected chi connectivity index (χ2v) is 13.7. The summed E-state index contributed by atoms with van der Waals surface area (Å²) in [6.45, 7) is 2.33. The van der Waals surface area contributed by atoms with Gasteiger partial charge in [-0.05, 0) is 68.5 Å². The molecule has 1 aliphatic heterocycles. The summed E-state index contributed by atoms with van der Waals surface area (Å²) < 4.78 is 38.2. The van der Waals surface area contributed by atoms with E-state index in [1.54, 1.807) is 31.2 Å². The Morgan fingerprint density at radius 2 is 1.74 bits per heavy atom. The van der Waals surface area contributed by atoms with Gasteiger partial charge in [-0.3, -0.25) is 4.79 Å². The van der Waals surface area contributed by atoms with E-state index in [-0.39, 0.29) is 61.9 Å². The van der Waals surface area contributed by atoms with Crippen molar-refractivity contribution in [2.45, 2.75) is 61.0 Å². The van der Waals surface area contributed by atoms with Gasteiger partial charge in [-0.15, -0.1) is 5.06 Å². The summed E-state index contributed by atoms with van der Waals surface area (Å²) in [5, 5.41) is 14.2. The van der Waals surface area contributed by atoms with Crippen LogP contribution in [-0.2, 0) is 35.5 Å². The normalized spacial score (nSPS) is 22.2. The minimum atomic E-state index is -3.95. The summed E-state index contributed by atoms with van der Waals surface area (Å²) in [5.41, 5.74) is -0.434. The van der Waals surface area contributed by atoms with Crippen LogP contribution < -0.4 is 5.32 Å². The molecule has 4 rings (SSSR count). The van der Waals surface area contributed by atoms with Crippen LogP contribution in [0.4, 0.5) is 4.79 Å². The highest BCUT2D eigenvalue weighted by atomic mass is 35.5. The number of nitrogens with zero attached hydrogens (tertiary/aromatic N) is 2. The predicted octanol–water partition coefficient (Wildman–Crippen LogP) is 5.35. The van der Waals surface area contributed by atoms with Crippen LogP contribution in [0, 0.1) is 17.2 Å². The monoisotopic (exact) mass is 657 g/mol. The molecule has 1 heterocycles. The smallest absolute Gasteiger partial charge is 0.433 e. The van der Waals surface area contributed by atoms with Crippen molar-refractivity contribution in [3.63, 3.8) is 0 Å². The molecule has 2 fully saturated rings. The molecule has 2 aliphatic rings. The second-order valence-electron chi connectivity index (χ2n) is 10.2. The van der Waals surface area contributed by atoms with Crippen LogP contribution in [-0.4, -0.2) is 62.1 Å². The molecular formula is C28H30Cl3N3O7S. The molecule has 14 heteroatoms. The molecule has 2 aromatic rings. The Morgan fingerprint density at radius 1 is 1.07 bits per heavy atom. The van der Waals surface area contributed by atoms with Gasteiger partial charge in [0.25, 0.3) is 0 Å². The zero-order valence-corrected chi connectivity index (χ0v) is 25.8. The van der Waals surface area contributed by atoms with Crippen LogP contribution in [0.1, 0.15) is 38.2 Å². The first-order valence-corrected chi connectivity index (χ1v) is 16.0. The average molecular weight is 659 g/mol. The van der Waals surface area contributed by atoms with Crippen LogP contribution in [0.5, 0.6) is 0 Å². The molecule has 2 aromatic carbocycles. The number of nitriles is 1. The largest absolute Gasteiger partial charge is 0.527 e. The van der Waals surface area contributed by atoms with Gasteiger partial charge in [0, 0.05) is 23.1 Å². The highest BCUT2D eigenvalue weighted by Gasteiger charge is 2.48. The van der Waals surface area contributed by atoms with Gasteiger partial charge in [0.2, 0.25) is 5.91 Å². The maximum atomic E-state index is 13.7. The first-order chi connectivity index (χ1) is 20.0. The molecule has 1 saturated heterocycles. The molecular weight excluding hydrogens is 629 g/mol.